The second kappa shape index (κ2) is 11.2. The molecule has 7 nitrogen and oxygen atoms in total. The van der Waals surface area contributed by atoms with Crippen molar-refractivity contribution in [3.63, 3.8) is 0 Å². The number of nitrogens with zero attached hydrogens (tertiary/aromatic N) is 2. The minimum Gasteiger partial charge on any atom is -0.382 e. The minimum absolute atomic E-state index is 0.151. The molecule has 0 saturated carbocycles. The summed E-state index contributed by atoms with van der Waals surface area (Å²) in [5, 5.41) is 5.52. The van der Waals surface area contributed by atoms with Gasteiger partial charge < -0.3 is 14.6 Å². The molecule has 4 aromatic rings. The Balaban J connectivity index is 1.36. The fourth-order valence-corrected chi connectivity index (χ4v) is 3.74. The molecule has 34 heavy (non-hydrogen) atoms. The Morgan fingerprint density at radius 2 is 1.62 bits per heavy atom. The van der Waals surface area contributed by atoms with Crippen molar-refractivity contribution in [3.8, 4) is 11.1 Å². The van der Waals surface area contributed by atoms with Gasteiger partial charge in [-0.05, 0) is 48.7 Å². The lowest BCUT2D eigenvalue weighted by Crippen LogP contribution is -2.33. The molecule has 0 aliphatic heterocycles. The summed E-state index contributed by atoms with van der Waals surface area (Å²) >= 11 is 0. The van der Waals surface area contributed by atoms with E-state index in [1.807, 2.05) is 78.2 Å². The van der Waals surface area contributed by atoms with E-state index in [1.165, 1.54) is 0 Å². The lowest BCUT2D eigenvalue weighted by Gasteiger charge is -2.11. The van der Waals surface area contributed by atoms with Crippen LogP contribution in [0.4, 0.5) is 5.95 Å². The summed E-state index contributed by atoms with van der Waals surface area (Å²) in [4.78, 5) is 29.7. The molecule has 0 atom stereocenters. The zero-order valence-electron chi connectivity index (χ0n) is 19.2. The van der Waals surface area contributed by atoms with E-state index in [2.05, 4.69) is 15.6 Å². The highest BCUT2D eigenvalue weighted by Crippen LogP contribution is 2.21. The monoisotopic (exact) mass is 456 g/mol. The number of carbonyl (C=O) groups is 2. The quantitative estimate of drug-likeness (QED) is 0.344. The number of nitrogens with one attached hydrogen (secondary N) is 2. The minimum atomic E-state index is -0.337. The molecular weight excluding hydrogens is 428 g/mol. The predicted octanol–water partition coefficient (Wildman–Crippen LogP) is 4.50. The molecule has 7 heteroatoms. The van der Waals surface area contributed by atoms with Crippen molar-refractivity contribution in [2.75, 3.05) is 25.1 Å². The average molecular weight is 457 g/mol. The molecule has 1 heterocycles. The zero-order valence-corrected chi connectivity index (χ0v) is 19.2. The molecule has 0 saturated heterocycles. The van der Waals surface area contributed by atoms with E-state index in [1.54, 1.807) is 12.1 Å². The molecule has 0 aliphatic carbocycles. The smallest absolute Gasteiger partial charge is 0.251 e. The van der Waals surface area contributed by atoms with Crippen LogP contribution in [0.1, 0.15) is 23.7 Å². The van der Waals surface area contributed by atoms with Gasteiger partial charge in [0.1, 0.15) is 0 Å². The molecule has 0 aliphatic rings. The summed E-state index contributed by atoms with van der Waals surface area (Å²) in [7, 11) is 0. The van der Waals surface area contributed by atoms with Gasteiger partial charge >= 0.3 is 0 Å². The molecule has 0 bridgehead atoms. The number of ether oxygens (including phenoxy) is 1. The standard InChI is InChI=1S/C27H28N4O3/c1-2-34-18-8-17-31-24-12-7-6-11-23(24)29-27(31)30-25(32)19-28-26(33)22-15-13-21(14-16-22)20-9-4-3-5-10-20/h3-7,9-16H,2,8,17-19H2,1H3,(H,28,33)(H,29,30,32). The Morgan fingerprint density at radius 3 is 2.38 bits per heavy atom. The van der Waals surface area contributed by atoms with Crippen molar-refractivity contribution >= 4 is 28.8 Å². The van der Waals surface area contributed by atoms with Crippen molar-refractivity contribution in [1.29, 1.82) is 0 Å². The molecular formula is C27H28N4O3. The van der Waals surface area contributed by atoms with E-state index in [4.69, 9.17) is 4.74 Å². The van der Waals surface area contributed by atoms with Gasteiger partial charge in [0.15, 0.2) is 0 Å². The average Bonchev–Trinajstić information content (AvgIpc) is 3.22. The number of imidazole rings is 1. The first-order valence-electron chi connectivity index (χ1n) is 11.4. The molecule has 0 fully saturated rings. The second-order valence-electron chi connectivity index (χ2n) is 7.80. The lowest BCUT2D eigenvalue weighted by molar-refractivity contribution is -0.115. The Hall–Kier alpha value is -3.97. The fourth-order valence-electron chi connectivity index (χ4n) is 3.74. The molecule has 4 rings (SSSR count). The van der Waals surface area contributed by atoms with Gasteiger partial charge in [0.25, 0.3) is 5.91 Å². The van der Waals surface area contributed by atoms with Crippen LogP contribution in [-0.2, 0) is 16.1 Å². The molecule has 2 amide bonds. The number of rotatable bonds is 10. The molecule has 0 radical (unpaired) electrons. The van der Waals surface area contributed by atoms with Gasteiger partial charge in [-0.1, -0.05) is 54.6 Å². The van der Waals surface area contributed by atoms with Crippen molar-refractivity contribution < 1.29 is 14.3 Å². The van der Waals surface area contributed by atoms with Gasteiger partial charge in [0.2, 0.25) is 11.9 Å². The summed E-state index contributed by atoms with van der Waals surface area (Å²) in [5.74, 6) is -0.181. The second-order valence-corrected chi connectivity index (χ2v) is 7.80. The van der Waals surface area contributed by atoms with Gasteiger partial charge in [-0.2, -0.15) is 0 Å². The molecule has 0 spiro atoms. The van der Waals surface area contributed by atoms with Crippen LogP contribution in [-0.4, -0.2) is 41.1 Å². The van der Waals surface area contributed by atoms with Crippen LogP contribution in [0.15, 0.2) is 78.9 Å². The van der Waals surface area contributed by atoms with E-state index in [0.29, 0.717) is 31.3 Å². The Labute approximate surface area is 198 Å². The number of aromatic nitrogens is 2. The summed E-state index contributed by atoms with van der Waals surface area (Å²) in [6.07, 6.45) is 0.798. The summed E-state index contributed by atoms with van der Waals surface area (Å²) < 4.78 is 7.40. The number of para-hydroxylation sites is 2. The van der Waals surface area contributed by atoms with Crippen molar-refractivity contribution in [1.82, 2.24) is 14.9 Å². The van der Waals surface area contributed by atoms with E-state index < -0.39 is 0 Å². The fraction of sp³-hybridized carbons (Fsp3) is 0.222. The van der Waals surface area contributed by atoms with Gasteiger partial charge in [0, 0.05) is 25.3 Å². The van der Waals surface area contributed by atoms with Crippen LogP contribution in [0.5, 0.6) is 0 Å². The summed E-state index contributed by atoms with van der Waals surface area (Å²) in [6, 6.07) is 25.0. The van der Waals surface area contributed by atoms with Crippen molar-refractivity contribution in [2.45, 2.75) is 19.9 Å². The molecule has 1 aromatic heterocycles. The number of fused-ring (bicyclic) bond motifs is 1. The van der Waals surface area contributed by atoms with Crippen molar-refractivity contribution in [2.24, 2.45) is 0 Å². The largest absolute Gasteiger partial charge is 0.382 e. The summed E-state index contributed by atoms with van der Waals surface area (Å²) in [6.45, 7) is 3.78. The van der Waals surface area contributed by atoms with Crippen LogP contribution in [0.3, 0.4) is 0 Å². The van der Waals surface area contributed by atoms with Gasteiger partial charge in [-0.15, -0.1) is 0 Å². The summed E-state index contributed by atoms with van der Waals surface area (Å²) in [5.41, 5.74) is 4.35. The normalized spacial score (nSPS) is 10.9. The molecule has 3 aromatic carbocycles. The number of aryl methyl sites for hydroxylation is 1. The number of amides is 2. The maximum Gasteiger partial charge on any atom is 0.251 e. The first-order chi connectivity index (χ1) is 16.7. The zero-order chi connectivity index (χ0) is 23.8. The van der Waals surface area contributed by atoms with Crippen LogP contribution < -0.4 is 10.6 Å². The Bertz CT molecular complexity index is 1250. The van der Waals surface area contributed by atoms with E-state index in [9.17, 15) is 9.59 Å². The number of hydrogen-bond donors (Lipinski definition) is 2. The topological polar surface area (TPSA) is 85.2 Å². The number of carbonyl (C=O) groups excluding carboxylic acids is 2. The highest BCUT2D eigenvalue weighted by atomic mass is 16.5. The van der Waals surface area contributed by atoms with E-state index in [0.717, 1.165) is 28.6 Å². The lowest BCUT2D eigenvalue weighted by atomic mass is 10.0. The Kier molecular flexibility index (Phi) is 7.67. The predicted molar refractivity (Wildman–Crippen MR) is 134 cm³/mol. The van der Waals surface area contributed by atoms with Crippen LogP contribution in [0.25, 0.3) is 22.2 Å². The molecule has 0 unspecified atom stereocenters. The van der Waals surface area contributed by atoms with Crippen LogP contribution in [0, 0.1) is 0 Å². The highest BCUT2D eigenvalue weighted by Gasteiger charge is 2.14. The SMILES string of the molecule is CCOCCCn1c(NC(=O)CNC(=O)c2ccc(-c3ccccc3)cc2)nc2ccccc21. The van der Waals surface area contributed by atoms with Gasteiger partial charge in [-0.3, -0.25) is 14.9 Å². The first kappa shape index (κ1) is 23.2. The van der Waals surface area contributed by atoms with Gasteiger partial charge in [-0.25, -0.2) is 4.98 Å². The van der Waals surface area contributed by atoms with Crippen molar-refractivity contribution in [3.05, 3.63) is 84.4 Å². The van der Waals surface area contributed by atoms with E-state index >= 15 is 0 Å². The third kappa shape index (κ3) is 5.68. The third-order valence-electron chi connectivity index (χ3n) is 5.44. The highest BCUT2D eigenvalue weighted by molar-refractivity contribution is 5.99. The maximum atomic E-state index is 12.6. The number of anilines is 1. The van der Waals surface area contributed by atoms with Gasteiger partial charge in [0.05, 0.1) is 17.6 Å². The molecule has 174 valence electrons. The molecule has 2 N–H and O–H groups in total. The van der Waals surface area contributed by atoms with Crippen LogP contribution >= 0.6 is 0 Å². The number of benzene rings is 3. The Morgan fingerprint density at radius 1 is 0.912 bits per heavy atom. The first-order valence-corrected chi connectivity index (χ1v) is 11.4. The van der Waals surface area contributed by atoms with Crippen LogP contribution in [0.2, 0.25) is 0 Å². The third-order valence-corrected chi connectivity index (χ3v) is 5.44. The maximum absolute atomic E-state index is 12.6. The van der Waals surface area contributed by atoms with E-state index in [-0.39, 0.29) is 18.4 Å². The number of hydrogen-bond acceptors (Lipinski definition) is 4.